The second kappa shape index (κ2) is 6.05. The Bertz CT molecular complexity index is 883. The Morgan fingerprint density at radius 1 is 1.26 bits per heavy atom. The van der Waals surface area contributed by atoms with Crippen molar-refractivity contribution < 1.29 is 4.74 Å². The van der Waals surface area contributed by atoms with E-state index in [9.17, 15) is 0 Å². The highest BCUT2D eigenvalue weighted by Crippen LogP contribution is 2.25. The topological polar surface area (TPSA) is 52.5 Å². The summed E-state index contributed by atoms with van der Waals surface area (Å²) in [6.45, 7) is 4.40. The van der Waals surface area contributed by atoms with Crippen LogP contribution in [0.3, 0.4) is 0 Å². The summed E-state index contributed by atoms with van der Waals surface area (Å²) in [4.78, 5) is 4.60. The molecule has 2 N–H and O–H groups in total. The average molecular weight is 305 g/mol. The van der Waals surface area contributed by atoms with Crippen LogP contribution in [0.1, 0.15) is 22.5 Å². The smallest absolute Gasteiger partial charge is 0.180 e. The number of nitrogens with two attached hydrogens (primary N) is 1. The molecule has 3 rings (SSSR count). The molecule has 0 aliphatic carbocycles. The maximum atomic E-state index is 6.04. The molecule has 0 bridgehead atoms. The Hall–Kier alpha value is -2.93. The fourth-order valence-corrected chi connectivity index (χ4v) is 2.70. The van der Waals surface area contributed by atoms with E-state index in [1.165, 1.54) is 0 Å². The highest BCUT2D eigenvalue weighted by atomic mass is 16.5. The fraction of sp³-hybridized carbons (Fsp3) is 0.211. The van der Waals surface area contributed by atoms with Crippen LogP contribution in [-0.4, -0.2) is 9.38 Å². The summed E-state index contributed by atoms with van der Waals surface area (Å²) in [6.07, 6.45) is 7.95. The molecule has 2 heterocycles. The van der Waals surface area contributed by atoms with Crippen molar-refractivity contribution in [2.75, 3.05) is 5.73 Å². The van der Waals surface area contributed by atoms with Crippen molar-refractivity contribution in [3.8, 4) is 18.1 Å². The van der Waals surface area contributed by atoms with E-state index in [0.717, 1.165) is 39.6 Å². The van der Waals surface area contributed by atoms with Crippen LogP contribution in [-0.2, 0) is 13.0 Å². The van der Waals surface area contributed by atoms with Crippen LogP contribution in [0.2, 0.25) is 0 Å². The molecule has 0 amide bonds. The number of nitrogens with zero attached hydrogens (tertiary/aromatic N) is 2. The van der Waals surface area contributed by atoms with Gasteiger partial charge >= 0.3 is 0 Å². The van der Waals surface area contributed by atoms with Crippen LogP contribution in [0.25, 0.3) is 5.65 Å². The van der Waals surface area contributed by atoms with Crippen molar-refractivity contribution in [2.45, 2.75) is 26.9 Å². The lowest BCUT2D eigenvalue weighted by Crippen LogP contribution is -2.03. The van der Waals surface area contributed by atoms with Crippen LogP contribution in [0, 0.1) is 26.2 Å². The van der Waals surface area contributed by atoms with Crippen molar-refractivity contribution in [1.82, 2.24) is 9.38 Å². The van der Waals surface area contributed by atoms with Crippen molar-refractivity contribution in [3.05, 3.63) is 59.0 Å². The molecule has 0 radical (unpaired) electrons. The Kier molecular flexibility index (Phi) is 3.94. The van der Waals surface area contributed by atoms with Gasteiger partial charge in [0.1, 0.15) is 6.61 Å². The molecule has 4 nitrogen and oxygen atoms in total. The normalized spacial score (nSPS) is 10.7. The maximum Gasteiger partial charge on any atom is 0.180 e. The highest BCUT2D eigenvalue weighted by molar-refractivity contribution is 5.57. The van der Waals surface area contributed by atoms with Crippen LogP contribution in [0.5, 0.6) is 5.75 Å². The Balaban J connectivity index is 1.95. The number of imidazole rings is 1. The zero-order valence-corrected chi connectivity index (χ0v) is 13.3. The molecule has 0 saturated heterocycles. The first kappa shape index (κ1) is 15.0. The lowest BCUT2D eigenvalue weighted by Gasteiger charge is -2.12. The summed E-state index contributed by atoms with van der Waals surface area (Å²) in [6, 6.07) is 9.71. The Morgan fingerprint density at radius 2 is 2.09 bits per heavy atom. The second-order valence-corrected chi connectivity index (χ2v) is 5.52. The number of ether oxygens (including phenoxy) is 1. The van der Waals surface area contributed by atoms with E-state index in [0.29, 0.717) is 13.0 Å². The quantitative estimate of drug-likeness (QED) is 0.594. The molecular formula is C19H19N3O. The predicted octanol–water partition coefficient (Wildman–Crippen LogP) is 3.29. The molecular weight excluding hydrogens is 286 g/mol. The second-order valence-electron chi connectivity index (χ2n) is 5.52. The van der Waals surface area contributed by atoms with E-state index in [-0.39, 0.29) is 0 Å². The first-order chi connectivity index (χ1) is 11.1. The third kappa shape index (κ3) is 2.74. The summed E-state index contributed by atoms with van der Waals surface area (Å²) in [5.74, 6) is 3.40. The van der Waals surface area contributed by atoms with Gasteiger partial charge in [-0.05, 0) is 37.6 Å². The lowest BCUT2D eigenvalue weighted by atomic mass is 10.1. The maximum absolute atomic E-state index is 6.04. The molecule has 23 heavy (non-hydrogen) atoms. The van der Waals surface area contributed by atoms with Crippen LogP contribution in [0.4, 0.5) is 5.69 Å². The monoisotopic (exact) mass is 305 g/mol. The molecule has 0 aliphatic rings. The Labute approximate surface area is 135 Å². The molecule has 1 aromatic carbocycles. The summed E-state index contributed by atoms with van der Waals surface area (Å²) in [7, 11) is 0. The number of pyridine rings is 1. The number of aryl methyl sites for hydroxylation is 2. The van der Waals surface area contributed by atoms with Crippen LogP contribution < -0.4 is 10.5 Å². The highest BCUT2D eigenvalue weighted by Gasteiger charge is 2.12. The average Bonchev–Trinajstić information content (AvgIpc) is 2.84. The van der Waals surface area contributed by atoms with E-state index >= 15 is 0 Å². The molecule has 0 spiro atoms. The van der Waals surface area contributed by atoms with Gasteiger partial charge in [-0.15, -0.1) is 12.3 Å². The van der Waals surface area contributed by atoms with Gasteiger partial charge in [0.2, 0.25) is 0 Å². The molecule has 2 aromatic heterocycles. The van der Waals surface area contributed by atoms with E-state index in [1.54, 1.807) is 0 Å². The van der Waals surface area contributed by atoms with Crippen LogP contribution in [0.15, 0.2) is 36.5 Å². The van der Waals surface area contributed by atoms with E-state index in [2.05, 4.69) is 10.9 Å². The SMILES string of the molecule is C#CCc1c(C)nc2c(OCc3c(C)cccc3N)cccn12. The summed E-state index contributed by atoms with van der Waals surface area (Å²) >= 11 is 0. The minimum Gasteiger partial charge on any atom is -0.485 e. The lowest BCUT2D eigenvalue weighted by molar-refractivity contribution is 0.308. The molecule has 0 aliphatic heterocycles. The van der Waals surface area contributed by atoms with Crippen molar-refractivity contribution >= 4 is 11.3 Å². The number of fused-ring (bicyclic) bond motifs is 1. The van der Waals surface area contributed by atoms with Gasteiger partial charge < -0.3 is 10.5 Å². The zero-order chi connectivity index (χ0) is 16.4. The standard InChI is InChI=1S/C19H19N3O/c1-4-7-17-14(3)21-19-18(10-6-11-22(17)19)23-12-15-13(2)8-5-9-16(15)20/h1,5-6,8-11H,7,12,20H2,2-3H3. The number of hydrogen-bond acceptors (Lipinski definition) is 3. The minimum atomic E-state index is 0.411. The third-order valence-corrected chi connectivity index (χ3v) is 4.00. The van der Waals surface area contributed by atoms with E-state index in [1.807, 2.05) is 54.8 Å². The number of rotatable bonds is 4. The van der Waals surface area contributed by atoms with Gasteiger partial charge in [-0.3, -0.25) is 4.40 Å². The molecule has 4 heteroatoms. The Morgan fingerprint density at radius 3 is 2.83 bits per heavy atom. The van der Waals surface area contributed by atoms with Crippen molar-refractivity contribution in [3.63, 3.8) is 0 Å². The molecule has 0 saturated carbocycles. The summed E-state index contributed by atoms with van der Waals surface area (Å²) in [5.41, 5.74) is 11.6. The van der Waals surface area contributed by atoms with Gasteiger partial charge in [0.05, 0.1) is 17.8 Å². The van der Waals surface area contributed by atoms with Crippen molar-refractivity contribution in [1.29, 1.82) is 0 Å². The molecule has 0 atom stereocenters. The third-order valence-electron chi connectivity index (χ3n) is 4.00. The minimum absolute atomic E-state index is 0.411. The van der Waals surface area contributed by atoms with Crippen LogP contribution >= 0.6 is 0 Å². The van der Waals surface area contributed by atoms with Gasteiger partial charge in [0.25, 0.3) is 0 Å². The van der Waals surface area contributed by atoms with Gasteiger partial charge in [-0.2, -0.15) is 0 Å². The molecule has 3 aromatic rings. The molecule has 0 unspecified atom stereocenters. The van der Waals surface area contributed by atoms with Crippen molar-refractivity contribution in [2.24, 2.45) is 0 Å². The number of terminal acetylenes is 1. The van der Waals surface area contributed by atoms with Gasteiger partial charge in [0, 0.05) is 17.4 Å². The summed E-state index contributed by atoms with van der Waals surface area (Å²) in [5, 5.41) is 0. The number of anilines is 1. The van der Waals surface area contributed by atoms with Gasteiger partial charge in [0.15, 0.2) is 11.4 Å². The predicted molar refractivity (Wildman–Crippen MR) is 92.4 cm³/mol. The fourth-order valence-electron chi connectivity index (χ4n) is 2.70. The van der Waals surface area contributed by atoms with E-state index < -0.39 is 0 Å². The van der Waals surface area contributed by atoms with E-state index in [4.69, 9.17) is 16.9 Å². The number of nitrogen functional groups attached to an aromatic ring is 1. The number of benzene rings is 1. The number of aromatic nitrogens is 2. The number of hydrogen-bond donors (Lipinski definition) is 1. The van der Waals surface area contributed by atoms with Gasteiger partial charge in [-0.1, -0.05) is 12.1 Å². The largest absolute Gasteiger partial charge is 0.485 e. The zero-order valence-electron chi connectivity index (χ0n) is 13.3. The molecule has 0 fully saturated rings. The first-order valence-corrected chi connectivity index (χ1v) is 7.48. The summed E-state index contributed by atoms with van der Waals surface area (Å²) < 4.78 is 7.99. The first-order valence-electron chi connectivity index (χ1n) is 7.48. The van der Waals surface area contributed by atoms with Gasteiger partial charge in [-0.25, -0.2) is 4.98 Å². The molecule has 116 valence electrons.